The molecule has 1 amide bonds. The third kappa shape index (κ3) is 8.31. The molecule has 0 aliphatic carbocycles. The van der Waals surface area contributed by atoms with Crippen molar-refractivity contribution in [1.82, 2.24) is 15.2 Å². The van der Waals surface area contributed by atoms with E-state index in [9.17, 15) is 15.0 Å². The molecular formula is C26H33N3O4. The molecule has 0 radical (unpaired) electrons. The van der Waals surface area contributed by atoms with Gasteiger partial charge in [-0.25, -0.2) is 0 Å². The summed E-state index contributed by atoms with van der Waals surface area (Å²) in [6, 6.07) is 19.8. The fourth-order valence-corrected chi connectivity index (χ4v) is 3.33. The molecule has 2 atom stereocenters. The van der Waals surface area contributed by atoms with Gasteiger partial charge in [-0.2, -0.15) is 0 Å². The summed E-state index contributed by atoms with van der Waals surface area (Å²) in [5.41, 5.74) is 2.60. The first-order chi connectivity index (χ1) is 16.0. The molecule has 1 heterocycles. The second-order valence-electron chi connectivity index (χ2n) is 7.52. The Morgan fingerprint density at radius 3 is 2.27 bits per heavy atom. The van der Waals surface area contributed by atoms with Crippen LogP contribution in [0.4, 0.5) is 0 Å². The predicted octanol–water partition coefficient (Wildman–Crippen LogP) is 2.85. The minimum atomic E-state index is -0.554. The van der Waals surface area contributed by atoms with Gasteiger partial charge in [-0.05, 0) is 54.9 Å². The molecule has 0 saturated carbocycles. The lowest BCUT2D eigenvalue weighted by Gasteiger charge is -2.25. The molecule has 176 valence electrons. The number of aromatic hydroxyl groups is 1. The number of carbonyl (C=O) groups excluding carboxylic acids is 1. The lowest BCUT2D eigenvalue weighted by molar-refractivity contribution is -0.134. The van der Waals surface area contributed by atoms with Gasteiger partial charge in [0.1, 0.15) is 5.75 Å². The average molecular weight is 452 g/mol. The van der Waals surface area contributed by atoms with E-state index in [1.54, 1.807) is 48.6 Å². The molecule has 2 aromatic carbocycles. The molecule has 4 N–H and O–H groups in total. The Morgan fingerprint density at radius 2 is 1.70 bits per heavy atom. The minimum absolute atomic E-state index is 0.0528. The molecule has 7 heteroatoms. The largest absolute Gasteiger partial charge is 0.508 e. The topological polar surface area (TPSA) is 106 Å². The van der Waals surface area contributed by atoms with Gasteiger partial charge in [-0.3, -0.25) is 9.78 Å². The van der Waals surface area contributed by atoms with Crippen LogP contribution in [-0.4, -0.2) is 57.9 Å². The number of benzene rings is 2. The van der Waals surface area contributed by atoms with E-state index in [-0.39, 0.29) is 18.3 Å². The van der Waals surface area contributed by atoms with Gasteiger partial charge in [0, 0.05) is 32.0 Å². The molecule has 1 aromatic heterocycles. The fraction of sp³-hybridized carbons (Fsp3) is 0.308. The number of aliphatic hydroxyl groups excluding tert-OH is 2. The van der Waals surface area contributed by atoms with Crippen molar-refractivity contribution in [2.75, 3.05) is 26.7 Å². The first kappa shape index (κ1) is 26.0. The molecule has 0 aliphatic rings. The van der Waals surface area contributed by atoms with E-state index in [2.05, 4.69) is 10.3 Å². The van der Waals surface area contributed by atoms with Gasteiger partial charge in [0.2, 0.25) is 5.91 Å². The third-order valence-electron chi connectivity index (χ3n) is 5.15. The molecule has 0 saturated heterocycles. The number of likely N-dealkylation sites (N-methyl/N-ethyl adjacent to an activating group) is 2. The van der Waals surface area contributed by atoms with E-state index in [1.807, 2.05) is 49.4 Å². The Balaban J connectivity index is 0.000000273. The monoisotopic (exact) mass is 451 g/mol. The van der Waals surface area contributed by atoms with Crippen LogP contribution < -0.4 is 5.32 Å². The maximum atomic E-state index is 12.7. The zero-order valence-electron chi connectivity index (χ0n) is 19.1. The normalized spacial score (nSPS) is 12.2. The van der Waals surface area contributed by atoms with E-state index >= 15 is 0 Å². The van der Waals surface area contributed by atoms with Crippen LogP contribution in [0.5, 0.6) is 5.75 Å². The van der Waals surface area contributed by atoms with Crippen molar-refractivity contribution in [3.05, 3.63) is 95.8 Å². The number of phenolic OH excluding ortho intramolecular Hbond substituents is 1. The minimum Gasteiger partial charge on any atom is -0.508 e. The number of hydrogen-bond donors (Lipinski definition) is 4. The summed E-state index contributed by atoms with van der Waals surface area (Å²) in [4.78, 5) is 18.4. The number of pyridine rings is 1. The van der Waals surface area contributed by atoms with Crippen LogP contribution in [0.3, 0.4) is 0 Å². The van der Waals surface area contributed by atoms with E-state index in [1.165, 1.54) is 0 Å². The van der Waals surface area contributed by atoms with E-state index < -0.39 is 12.0 Å². The first-order valence-electron chi connectivity index (χ1n) is 10.9. The van der Waals surface area contributed by atoms with E-state index in [0.29, 0.717) is 19.6 Å². The van der Waals surface area contributed by atoms with Crippen LogP contribution in [-0.2, 0) is 11.3 Å². The van der Waals surface area contributed by atoms with Gasteiger partial charge in [-0.15, -0.1) is 0 Å². The fourth-order valence-electron chi connectivity index (χ4n) is 3.33. The zero-order chi connectivity index (χ0) is 24.1. The number of amides is 1. The van der Waals surface area contributed by atoms with Gasteiger partial charge in [0.25, 0.3) is 0 Å². The molecule has 3 rings (SSSR count). The van der Waals surface area contributed by atoms with Gasteiger partial charge < -0.3 is 25.5 Å². The van der Waals surface area contributed by atoms with Crippen LogP contribution in [0.2, 0.25) is 0 Å². The highest BCUT2D eigenvalue weighted by molar-refractivity contribution is 5.83. The summed E-state index contributed by atoms with van der Waals surface area (Å²) in [6.07, 6.45) is 2.88. The maximum absolute atomic E-state index is 12.7. The van der Waals surface area contributed by atoms with E-state index in [4.69, 9.17) is 5.11 Å². The van der Waals surface area contributed by atoms with Crippen molar-refractivity contribution < 1.29 is 20.1 Å². The summed E-state index contributed by atoms with van der Waals surface area (Å²) < 4.78 is 0. The standard InChI is InChI=1S/C17H20N2O2.C9H13NO2/c1-2-19(12-14-8-10-18-11-9-14)17(21)16(13-20)15-6-4-3-5-7-15;1-10-6-9(12)7-3-2-4-8(11)5-7/h3-11,16,20H,2,12-13H2,1H3;2-5,9-12H,6H2,1H3. The highest BCUT2D eigenvalue weighted by Crippen LogP contribution is 2.19. The van der Waals surface area contributed by atoms with Crippen LogP contribution in [0.1, 0.15) is 35.6 Å². The summed E-state index contributed by atoms with van der Waals surface area (Å²) in [5, 5.41) is 31.0. The average Bonchev–Trinajstić information content (AvgIpc) is 2.85. The number of hydrogen-bond acceptors (Lipinski definition) is 6. The summed E-state index contributed by atoms with van der Waals surface area (Å²) in [6.45, 7) is 3.38. The highest BCUT2D eigenvalue weighted by Gasteiger charge is 2.24. The van der Waals surface area contributed by atoms with Crippen molar-refractivity contribution in [2.45, 2.75) is 25.5 Å². The third-order valence-corrected chi connectivity index (χ3v) is 5.15. The maximum Gasteiger partial charge on any atom is 0.232 e. The number of aromatic nitrogens is 1. The van der Waals surface area contributed by atoms with Gasteiger partial charge in [0.15, 0.2) is 0 Å². The van der Waals surface area contributed by atoms with Crippen LogP contribution in [0, 0.1) is 0 Å². The second-order valence-corrected chi connectivity index (χ2v) is 7.52. The van der Waals surface area contributed by atoms with Crippen LogP contribution >= 0.6 is 0 Å². The second kappa shape index (κ2) is 14.0. The van der Waals surface area contributed by atoms with Crippen LogP contribution in [0.15, 0.2) is 79.1 Å². The molecular weight excluding hydrogens is 418 g/mol. The Bertz CT molecular complexity index is 954. The molecule has 2 unspecified atom stereocenters. The summed E-state index contributed by atoms with van der Waals surface area (Å²) in [7, 11) is 1.77. The smallest absolute Gasteiger partial charge is 0.232 e. The Hall–Kier alpha value is -3.26. The quantitative estimate of drug-likeness (QED) is 0.399. The molecule has 3 aromatic rings. The number of rotatable bonds is 9. The lowest BCUT2D eigenvalue weighted by Crippen LogP contribution is -2.36. The van der Waals surface area contributed by atoms with Crippen molar-refractivity contribution in [3.8, 4) is 5.75 Å². The van der Waals surface area contributed by atoms with Gasteiger partial charge in [-0.1, -0.05) is 42.5 Å². The first-order valence-corrected chi connectivity index (χ1v) is 10.9. The number of nitrogens with zero attached hydrogens (tertiary/aromatic N) is 2. The predicted molar refractivity (Wildman–Crippen MR) is 129 cm³/mol. The molecule has 0 bridgehead atoms. The van der Waals surface area contributed by atoms with Crippen molar-refractivity contribution >= 4 is 5.91 Å². The molecule has 33 heavy (non-hydrogen) atoms. The zero-order valence-corrected chi connectivity index (χ0v) is 19.1. The van der Waals surface area contributed by atoms with Crippen molar-refractivity contribution in [2.24, 2.45) is 0 Å². The number of aliphatic hydroxyl groups is 2. The molecule has 0 fully saturated rings. The summed E-state index contributed by atoms with van der Waals surface area (Å²) in [5.74, 6) is -0.376. The van der Waals surface area contributed by atoms with E-state index in [0.717, 1.165) is 16.7 Å². The number of nitrogens with one attached hydrogen (secondary N) is 1. The van der Waals surface area contributed by atoms with Crippen LogP contribution in [0.25, 0.3) is 0 Å². The molecule has 7 nitrogen and oxygen atoms in total. The van der Waals surface area contributed by atoms with Gasteiger partial charge >= 0.3 is 0 Å². The number of carbonyl (C=O) groups is 1. The Labute approximate surface area is 195 Å². The molecule has 0 aliphatic heterocycles. The van der Waals surface area contributed by atoms with Crippen molar-refractivity contribution in [3.63, 3.8) is 0 Å². The van der Waals surface area contributed by atoms with Crippen molar-refractivity contribution in [1.29, 1.82) is 0 Å². The van der Waals surface area contributed by atoms with Gasteiger partial charge in [0.05, 0.1) is 18.6 Å². The Kier molecular flexibility index (Phi) is 11.0. The summed E-state index contributed by atoms with van der Waals surface area (Å²) >= 11 is 0. The highest BCUT2D eigenvalue weighted by atomic mass is 16.3. The number of phenols is 1. The Morgan fingerprint density at radius 1 is 1.03 bits per heavy atom. The SMILES string of the molecule is CCN(Cc1ccncc1)C(=O)C(CO)c1ccccc1.CNCC(O)c1cccc(O)c1. The molecule has 0 spiro atoms. The lowest BCUT2D eigenvalue weighted by atomic mass is 9.98.